The fourth-order valence-corrected chi connectivity index (χ4v) is 3.98. The van der Waals surface area contributed by atoms with Crippen LogP contribution in [0.4, 0.5) is 4.79 Å². The molecule has 26 heavy (non-hydrogen) atoms. The van der Waals surface area contributed by atoms with E-state index < -0.39 is 6.09 Å². The number of nitrogens with two attached hydrogens (primary N) is 3. The molecule has 8 N–H and O–H groups in total. The molecule has 2 fully saturated rings. The summed E-state index contributed by atoms with van der Waals surface area (Å²) in [4.78, 5) is 22.7. The first-order valence-corrected chi connectivity index (χ1v) is 9.09. The number of carbonyl (C=O) groups excluding carboxylic acids is 2. The molecule has 1 aliphatic heterocycles. The molecule has 1 amide bonds. The highest BCUT2D eigenvalue weighted by molar-refractivity contribution is 5.79. The molecule has 1 heterocycles. The maximum atomic E-state index is 12.2. The number of nitrogens with one attached hydrogen (secondary N) is 2. The normalized spacial score (nSPS) is 28.7. The zero-order valence-corrected chi connectivity index (χ0v) is 15.0. The summed E-state index contributed by atoms with van der Waals surface area (Å²) < 4.78 is 9.71. The van der Waals surface area contributed by atoms with Gasteiger partial charge in [-0.05, 0) is 50.0 Å². The average molecular weight is 370 g/mol. The van der Waals surface area contributed by atoms with Crippen molar-refractivity contribution < 1.29 is 19.1 Å². The number of ether oxygens (including phenoxy) is 2. The highest BCUT2D eigenvalue weighted by atomic mass is 16.6. The molecule has 4 atom stereocenters. The fraction of sp³-hybridized carbons (Fsp3) is 0.812. The molecular formula is C16H30N6O4. The van der Waals surface area contributed by atoms with E-state index in [0.29, 0.717) is 23.6 Å². The number of hydrogen-bond donors (Lipinski definition) is 5. The lowest BCUT2D eigenvalue weighted by atomic mass is 9.69. The van der Waals surface area contributed by atoms with Crippen molar-refractivity contribution in [2.75, 3.05) is 19.8 Å². The number of carbonyl (C=O) groups is 2. The van der Waals surface area contributed by atoms with Crippen molar-refractivity contribution in [1.82, 2.24) is 10.9 Å². The van der Waals surface area contributed by atoms with Crippen LogP contribution in [-0.2, 0) is 14.3 Å². The third-order valence-corrected chi connectivity index (χ3v) is 5.29. The Morgan fingerprint density at radius 3 is 2.62 bits per heavy atom. The van der Waals surface area contributed by atoms with Gasteiger partial charge in [-0.25, -0.2) is 16.2 Å². The van der Waals surface area contributed by atoms with Crippen molar-refractivity contribution in [1.29, 1.82) is 0 Å². The third-order valence-electron chi connectivity index (χ3n) is 5.29. The second-order valence-corrected chi connectivity index (χ2v) is 7.00. The Labute approximate surface area is 153 Å². The summed E-state index contributed by atoms with van der Waals surface area (Å²) in [6, 6.07) is -0.309. The van der Waals surface area contributed by atoms with E-state index in [2.05, 4.69) is 20.7 Å². The van der Waals surface area contributed by atoms with Gasteiger partial charge in [0.1, 0.15) is 25.1 Å². The first kappa shape index (κ1) is 20.2. The maximum absolute atomic E-state index is 12.2. The van der Waals surface area contributed by atoms with E-state index in [1.54, 1.807) is 0 Å². The average Bonchev–Trinajstić information content (AvgIpc) is 2.62. The number of esters is 1. The largest absolute Gasteiger partial charge is 0.461 e. The summed E-state index contributed by atoms with van der Waals surface area (Å²) >= 11 is 0. The molecule has 0 aromatic rings. The van der Waals surface area contributed by atoms with Crippen LogP contribution in [0.2, 0.25) is 0 Å². The van der Waals surface area contributed by atoms with Gasteiger partial charge >= 0.3 is 12.1 Å². The van der Waals surface area contributed by atoms with Crippen molar-refractivity contribution in [3.63, 3.8) is 0 Å². The smallest absolute Gasteiger partial charge is 0.404 e. The summed E-state index contributed by atoms with van der Waals surface area (Å²) in [5.41, 5.74) is 12.8. The van der Waals surface area contributed by atoms with Gasteiger partial charge < -0.3 is 26.3 Å². The van der Waals surface area contributed by atoms with E-state index in [9.17, 15) is 9.59 Å². The highest BCUT2D eigenvalue weighted by Crippen LogP contribution is 2.40. The second kappa shape index (κ2) is 10.2. The van der Waals surface area contributed by atoms with Crippen LogP contribution in [0, 0.1) is 17.8 Å². The number of amides is 1. The number of amidine groups is 1. The Morgan fingerprint density at radius 2 is 1.88 bits per heavy atom. The zero-order valence-electron chi connectivity index (χ0n) is 15.0. The molecule has 2 aliphatic rings. The lowest BCUT2D eigenvalue weighted by molar-refractivity contribution is -0.149. The maximum Gasteiger partial charge on any atom is 0.404 e. The molecule has 148 valence electrons. The van der Waals surface area contributed by atoms with Crippen LogP contribution in [0.25, 0.3) is 0 Å². The van der Waals surface area contributed by atoms with Crippen molar-refractivity contribution in [3.05, 3.63) is 0 Å². The quantitative estimate of drug-likeness (QED) is 0.0954. The predicted octanol–water partition coefficient (Wildman–Crippen LogP) is -0.465. The van der Waals surface area contributed by atoms with Crippen LogP contribution in [0.5, 0.6) is 0 Å². The Hall–Kier alpha value is -2.07. The molecule has 0 bridgehead atoms. The Balaban J connectivity index is 1.74. The Morgan fingerprint density at radius 1 is 1.12 bits per heavy atom. The standard InChI is InChI=1S/C16H30N6O4/c17-14(21-22-19)4-2-10-1-3-11-9-20-13(8-12(11)7-10)15(23)25-5-6-26-16(18)24/h10-13,20,22H,1-9,19H2,(H2,17,21)(H2,18,24). The lowest BCUT2D eigenvalue weighted by Crippen LogP contribution is -2.50. The van der Waals surface area contributed by atoms with E-state index >= 15 is 0 Å². The molecule has 0 spiro atoms. The molecule has 1 aliphatic carbocycles. The van der Waals surface area contributed by atoms with Crippen LogP contribution >= 0.6 is 0 Å². The van der Waals surface area contributed by atoms with Crippen molar-refractivity contribution >= 4 is 17.9 Å². The number of nitrogens with zero attached hydrogens (tertiary/aromatic N) is 1. The number of piperidine rings is 1. The van der Waals surface area contributed by atoms with Gasteiger partial charge in [-0.15, -0.1) is 0 Å². The molecule has 1 saturated carbocycles. The summed E-state index contributed by atoms with van der Waals surface area (Å²) in [5.74, 6) is 7.03. The van der Waals surface area contributed by atoms with Crippen LogP contribution in [0.15, 0.2) is 5.10 Å². The number of rotatable bonds is 8. The third kappa shape index (κ3) is 6.34. The van der Waals surface area contributed by atoms with Gasteiger partial charge in [-0.1, -0.05) is 6.42 Å². The summed E-state index contributed by atoms with van der Waals surface area (Å²) in [5, 5.41) is 7.07. The van der Waals surface area contributed by atoms with Crippen molar-refractivity contribution in [3.8, 4) is 0 Å². The van der Waals surface area contributed by atoms with Gasteiger partial charge in [0.05, 0.1) is 0 Å². The molecule has 10 heteroatoms. The first-order valence-electron chi connectivity index (χ1n) is 9.09. The van der Waals surface area contributed by atoms with Gasteiger partial charge in [-0.3, -0.25) is 4.79 Å². The Bertz CT molecular complexity index is 515. The van der Waals surface area contributed by atoms with Crippen molar-refractivity contribution in [2.24, 2.45) is 40.2 Å². The number of fused-ring (bicyclic) bond motifs is 1. The first-order chi connectivity index (χ1) is 12.5. The molecule has 0 radical (unpaired) electrons. The fourth-order valence-electron chi connectivity index (χ4n) is 3.98. The van der Waals surface area contributed by atoms with E-state index in [1.165, 1.54) is 6.42 Å². The lowest BCUT2D eigenvalue weighted by Gasteiger charge is -2.42. The van der Waals surface area contributed by atoms with Crippen LogP contribution in [-0.4, -0.2) is 43.7 Å². The van der Waals surface area contributed by atoms with E-state index in [1.807, 2.05) is 0 Å². The van der Waals surface area contributed by atoms with Crippen LogP contribution in [0.1, 0.15) is 38.5 Å². The minimum Gasteiger partial charge on any atom is -0.461 e. The molecule has 1 saturated heterocycles. The number of hydrazine groups is 1. The minimum atomic E-state index is -0.874. The highest BCUT2D eigenvalue weighted by Gasteiger charge is 2.38. The molecule has 0 aromatic carbocycles. The zero-order chi connectivity index (χ0) is 18.9. The molecular weight excluding hydrogens is 340 g/mol. The summed E-state index contributed by atoms with van der Waals surface area (Å²) in [6.07, 6.45) is 5.01. The molecule has 0 aromatic heterocycles. The number of hydrazone groups is 1. The summed E-state index contributed by atoms with van der Waals surface area (Å²) in [7, 11) is 0. The van der Waals surface area contributed by atoms with E-state index in [0.717, 1.165) is 38.6 Å². The van der Waals surface area contributed by atoms with E-state index in [4.69, 9.17) is 22.0 Å². The summed E-state index contributed by atoms with van der Waals surface area (Å²) in [6.45, 7) is 0.822. The van der Waals surface area contributed by atoms with Gasteiger partial charge in [0.25, 0.3) is 0 Å². The van der Waals surface area contributed by atoms with Gasteiger partial charge in [0.15, 0.2) is 0 Å². The van der Waals surface area contributed by atoms with Crippen LogP contribution in [0.3, 0.4) is 0 Å². The number of hydrogen-bond acceptors (Lipinski definition) is 8. The SMILES string of the molecule is NN/N=C(\N)CCC1CCC2CNC(C(=O)OCCOC(N)=O)CC2C1. The Kier molecular flexibility index (Phi) is 7.92. The monoisotopic (exact) mass is 370 g/mol. The molecule has 4 unspecified atom stereocenters. The van der Waals surface area contributed by atoms with Crippen LogP contribution < -0.4 is 28.2 Å². The van der Waals surface area contributed by atoms with Gasteiger partial charge in [-0.2, -0.15) is 5.10 Å². The van der Waals surface area contributed by atoms with Gasteiger partial charge in [0.2, 0.25) is 0 Å². The molecule has 2 rings (SSSR count). The minimum absolute atomic E-state index is 0.0183. The van der Waals surface area contributed by atoms with Gasteiger partial charge in [0, 0.05) is 6.42 Å². The topological polar surface area (TPSA) is 167 Å². The second-order valence-electron chi connectivity index (χ2n) is 7.00. The molecule has 10 nitrogen and oxygen atoms in total. The number of primary amides is 1. The van der Waals surface area contributed by atoms with Crippen molar-refractivity contribution in [2.45, 2.75) is 44.6 Å². The van der Waals surface area contributed by atoms with E-state index in [-0.39, 0.29) is 25.2 Å². The predicted molar refractivity (Wildman–Crippen MR) is 95.4 cm³/mol.